The number of rotatable bonds is 9. The van der Waals surface area contributed by atoms with Crippen LogP contribution in [0.25, 0.3) is 0 Å². The van der Waals surface area contributed by atoms with E-state index in [1.54, 1.807) is 14.2 Å². The Labute approximate surface area is 173 Å². The summed E-state index contributed by atoms with van der Waals surface area (Å²) in [6, 6.07) is 6.10. The molecule has 2 aromatic rings. The van der Waals surface area contributed by atoms with E-state index in [2.05, 4.69) is 20.8 Å². The van der Waals surface area contributed by atoms with Gasteiger partial charge in [-0.25, -0.2) is 0 Å². The molecule has 1 amide bonds. The number of anilines is 1. The average molecular weight is 423 g/mol. The van der Waals surface area contributed by atoms with Gasteiger partial charge in [0, 0.05) is 12.6 Å². The summed E-state index contributed by atoms with van der Waals surface area (Å²) in [4.78, 5) is 12.1. The monoisotopic (exact) mass is 422 g/mol. The third-order valence-electron chi connectivity index (χ3n) is 4.60. The van der Waals surface area contributed by atoms with Gasteiger partial charge in [-0.2, -0.15) is 0 Å². The molecule has 0 spiro atoms. The standard InChI is InChI=1S/C19H26N4O3S2/c1-25-15-9-8-13(10-16(15)26-2)11-20-17(24)12-27-19-23-22-18(28-19)21-14-6-4-3-5-7-14/h8-10,14H,3-7,11-12H2,1-2H3,(H,20,24)(H,21,22). The summed E-state index contributed by atoms with van der Waals surface area (Å²) in [7, 11) is 3.19. The second-order valence-corrected chi connectivity index (χ2v) is 8.81. The van der Waals surface area contributed by atoms with Crippen molar-refractivity contribution in [2.24, 2.45) is 0 Å². The maximum absolute atomic E-state index is 12.1. The molecule has 1 fully saturated rings. The molecule has 3 rings (SSSR count). The Kier molecular flexibility index (Phi) is 7.79. The maximum atomic E-state index is 12.1. The van der Waals surface area contributed by atoms with Crippen LogP contribution >= 0.6 is 23.1 Å². The number of nitrogens with zero attached hydrogens (tertiary/aromatic N) is 2. The average Bonchev–Trinajstić information content (AvgIpc) is 3.18. The van der Waals surface area contributed by atoms with Crippen LogP contribution in [-0.4, -0.2) is 42.1 Å². The first kappa shape index (κ1) is 20.7. The zero-order valence-corrected chi connectivity index (χ0v) is 17.8. The number of methoxy groups -OCH3 is 2. The van der Waals surface area contributed by atoms with Crippen LogP contribution < -0.4 is 20.1 Å². The van der Waals surface area contributed by atoms with Gasteiger partial charge in [0.2, 0.25) is 11.0 Å². The van der Waals surface area contributed by atoms with Crippen LogP contribution in [0.4, 0.5) is 5.13 Å². The molecule has 1 heterocycles. The Morgan fingerprint density at radius 2 is 1.96 bits per heavy atom. The van der Waals surface area contributed by atoms with Crippen molar-refractivity contribution in [1.82, 2.24) is 15.5 Å². The first-order valence-electron chi connectivity index (χ1n) is 9.38. The predicted octanol–water partition coefficient (Wildman–Crippen LogP) is 3.71. The molecule has 7 nitrogen and oxygen atoms in total. The van der Waals surface area contributed by atoms with E-state index in [1.165, 1.54) is 55.2 Å². The Bertz CT molecular complexity index is 778. The maximum Gasteiger partial charge on any atom is 0.230 e. The van der Waals surface area contributed by atoms with Crippen molar-refractivity contribution in [3.63, 3.8) is 0 Å². The van der Waals surface area contributed by atoms with Crippen molar-refractivity contribution in [3.8, 4) is 11.5 Å². The molecule has 2 N–H and O–H groups in total. The summed E-state index contributed by atoms with van der Waals surface area (Å²) in [5.74, 6) is 1.58. The lowest BCUT2D eigenvalue weighted by Crippen LogP contribution is -2.24. The van der Waals surface area contributed by atoms with Crippen LogP contribution in [0, 0.1) is 0 Å². The van der Waals surface area contributed by atoms with Gasteiger partial charge < -0.3 is 20.1 Å². The number of hydrogen-bond donors (Lipinski definition) is 2. The molecule has 9 heteroatoms. The number of nitrogens with one attached hydrogen (secondary N) is 2. The lowest BCUT2D eigenvalue weighted by atomic mass is 9.96. The van der Waals surface area contributed by atoms with E-state index >= 15 is 0 Å². The van der Waals surface area contributed by atoms with Crippen molar-refractivity contribution in [1.29, 1.82) is 0 Å². The number of thioether (sulfide) groups is 1. The van der Waals surface area contributed by atoms with E-state index in [-0.39, 0.29) is 5.91 Å². The minimum atomic E-state index is -0.0447. The molecule has 28 heavy (non-hydrogen) atoms. The second kappa shape index (κ2) is 10.5. The molecule has 1 aliphatic carbocycles. The highest BCUT2D eigenvalue weighted by molar-refractivity contribution is 8.01. The van der Waals surface area contributed by atoms with Gasteiger partial charge in [-0.05, 0) is 30.5 Å². The van der Waals surface area contributed by atoms with Crippen molar-refractivity contribution in [3.05, 3.63) is 23.8 Å². The summed E-state index contributed by atoms with van der Waals surface area (Å²) in [6.07, 6.45) is 6.27. The minimum absolute atomic E-state index is 0.0447. The first-order chi connectivity index (χ1) is 13.7. The third-order valence-corrected chi connectivity index (χ3v) is 6.59. The van der Waals surface area contributed by atoms with Crippen LogP contribution in [0.1, 0.15) is 37.7 Å². The van der Waals surface area contributed by atoms with Gasteiger partial charge in [0.1, 0.15) is 0 Å². The molecular weight excluding hydrogens is 396 g/mol. The van der Waals surface area contributed by atoms with E-state index in [4.69, 9.17) is 9.47 Å². The molecule has 0 aliphatic heterocycles. The molecule has 0 saturated heterocycles. The second-order valence-electron chi connectivity index (χ2n) is 6.61. The molecule has 0 radical (unpaired) electrons. The first-order valence-corrected chi connectivity index (χ1v) is 11.2. The van der Waals surface area contributed by atoms with Gasteiger partial charge in [0.15, 0.2) is 15.8 Å². The van der Waals surface area contributed by atoms with Gasteiger partial charge in [0.05, 0.1) is 20.0 Å². The van der Waals surface area contributed by atoms with Gasteiger partial charge in [0.25, 0.3) is 0 Å². The highest BCUT2D eigenvalue weighted by Gasteiger charge is 2.15. The third kappa shape index (κ3) is 6.00. The zero-order valence-electron chi connectivity index (χ0n) is 16.2. The van der Waals surface area contributed by atoms with E-state index in [1.807, 2.05) is 18.2 Å². The molecule has 152 valence electrons. The molecule has 1 aromatic carbocycles. The lowest BCUT2D eigenvalue weighted by Gasteiger charge is -2.21. The lowest BCUT2D eigenvalue weighted by molar-refractivity contribution is -0.118. The number of aromatic nitrogens is 2. The number of hydrogen-bond acceptors (Lipinski definition) is 8. The topological polar surface area (TPSA) is 85.4 Å². The Morgan fingerprint density at radius 1 is 1.18 bits per heavy atom. The number of carbonyl (C=O) groups is 1. The van der Waals surface area contributed by atoms with Gasteiger partial charge >= 0.3 is 0 Å². The van der Waals surface area contributed by atoms with Gasteiger partial charge in [-0.15, -0.1) is 10.2 Å². The van der Waals surface area contributed by atoms with Gasteiger partial charge in [-0.3, -0.25) is 4.79 Å². The molecule has 1 saturated carbocycles. The normalized spacial score (nSPS) is 14.5. The quantitative estimate of drug-likeness (QED) is 0.596. The minimum Gasteiger partial charge on any atom is -0.493 e. The Balaban J connectivity index is 1.42. The molecule has 0 bridgehead atoms. The fourth-order valence-corrected chi connectivity index (χ4v) is 4.78. The van der Waals surface area contributed by atoms with Crippen molar-refractivity contribution >= 4 is 34.1 Å². The van der Waals surface area contributed by atoms with Gasteiger partial charge in [-0.1, -0.05) is 48.4 Å². The summed E-state index contributed by atoms with van der Waals surface area (Å²) < 4.78 is 11.3. The largest absolute Gasteiger partial charge is 0.493 e. The number of ether oxygens (including phenoxy) is 2. The van der Waals surface area contributed by atoms with Crippen molar-refractivity contribution in [2.75, 3.05) is 25.3 Å². The SMILES string of the molecule is COc1ccc(CNC(=O)CSc2nnc(NC3CCCCC3)s2)cc1OC. The smallest absolute Gasteiger partial charge is 0.230 e. The van der Waals surface area contributed by atoms with E-state index in [9.17, 15) is 4.79 Å². The van der Waals surface area contributed by atoms with Crippen LogP contribution in [-0.2, 0) is 11.3 Å². The van der Waals surface area contributed by atoms with E-state index in [0.29, 0.717) is 29.8 Å². The Morgan fingerprint density at radius 3 is 2.71 bits per heavy atom. The molecular formula is C19H26N4O3S2. The molecule has 0 atom stereocenters. The summed E-state index contributed by atoms with van der Waals surface area (Å²) in [6.45, 7) is 0.435. The number of amides is 1. The highest BCUT2D eigenvalue weighted by Crippen LogP contribution is 2.29. The van der Waals surface area contributed by atoms with Crippen LogP contribution in [0.15, 0.2) is 22.5 Å². The van der Waals surface area contributed by atoms with Crippen LogP contribution in [0.2, 0.25) is 0 Å². The summed E-state index contributed by atoms with van der Waals surface area (Å²) in [5.41, 5.74) is 0.950. The van der Waals surface area contributed by atoms with Crippen molar-refractivity contribution < 1.29 is 14.3 Å². The van der Waals surface area contributed by atoms with Crippen LogP contribution in [0.3, 0.4) is 0 Å². The molecule has 1 aromatic heterocycles. The fraction of sp³-hybridized carbons (Fsp3) is 0.526. The number of carbonyl (C=O) groups excluding carboxylic acids is 1. The summed E-state index contributed by atoms with van der Waals surface area (Å²) in [5, 5.41) is 15.6. The van der Waals surface area contributed by atoms with Crippen LogP contribution in [0.5, 0.6) is 11.5 Å². The van der Waals surface area contributed by atoms with E-state index < -0.39 is 0 Å². The zero-order chi connectivity index (χ0) is 19.8. The fourth-order valence-electron chi connectivity index (χ4n) is 3.12. The highest BCUT2D eigenvalue weighted by atomic mass is 32.2. The van der Waals surface area contributed by atoms with Crippen molar-refractivity contribution in [2.45, 2.75) is 49.0 Å². The predicted molar refractivity (Wildman–Crippen MR) is 113 cm³/mol. The molecule has 0 unspecified atom stereocenters. The number of benzene rings is 1. The Hall–Kier alpha value is -2.00. The molecule has 1 aliphatic rings. The summed E-state index contributed by atoms with van der Waals surface area (Å²) >= 11 is 2.92. The van der Waals surface area contributed by atoms with E-state index in [0.717, 1.165) is 15.0 Å².